The molecule has 4 nitrogen and oxygen atoms in total. The summed E-state index contributed by atoms with van der Waals surface area (Å²) >= 11 is 0. The van der Waals surface area contributed by atoms with E-state index in [1.165, 1.54) is 11.1 Å². The molecule has 1 aromatic carbocycles. The summed E-state index contributed by atoms with van der Waals surface area (Å²) in [5.74, 6) is -0.427. The fourth-order valence-electron chi connectivity index (χ4n) is 2.77. The van der Waals surface area contributed by atoms with Crippen molar-refractivity contribution in [1.29, 1.82) is 0 Å². The van der Waals surface area contributed by atoms with E-state index in [9.17, 15) is 13.2 Å². The number of carbonyl (C=O) groups is 1. The van der Waals surface area contributed by atoms with Crippen LogP contribution in [0.25, 0.3) is 0 Å². The van der Waals surface area contributed by atoms with Crippen molar-refractivity contribution in [3.63, 3.8) is 0 Å². The molecule has 1 unspecified atom stereocenters. The third-order valence-electron chi connectivity index (χ3n) is 3.96. The van der Waals surface area contributed by atoms with Gasteiger partial charge < -0.3 is 5.32 Å². The first-order valence-corrected chi connectivity index (χ1v) is 9.08. The maximum Gasteiger partial charge on any atom is 0.224 e. The maximum atomic E-state index is 12.2. The summed E-state index contributed by atoms with van der Waals surface area (Å²) < 4.78 is 22.9. The number of rotatable bonds is 4. The minimum absolute atomic E-state index is 0.0146. The van der Waals surface area contributed by atoms with Gasteiger partial charge in [0.1, 0.15) is 0 Å². The van der Waals surface area contributed by atoms with Crippen LogP contribution in [0.4, 0.5) is 0 Å². The van der Waals surface area contributed by atoms with Gasteiger partial charge in [0.05, 0.1) is 17.4 Å². The lowest BCUT2D eigenvalue weighted by atomic mass is 9.91. The molecule has 5 heteroatoms. The van der Waals surface area contributed by atoms with E-state index in [2.05, 4.69) is 24.4 Å². The lowest BCUT2D eigenvalue weighted by Crippen LogP contribution is -2.48. The van der Waals surface area contributed by atoms with Crippen molar-refractivity contribution in [3.8, 4) is 0 Å². The Balaban J connectivity index is 2.01. The van der Waals surface area contributed by atoms with E-state index in [1.54, 1.807) is 0 Å². The van der Waals surface area contributed by atoms with Crippen LogP contribution in [0.3, 0.4) is 0 Å². The molecular weight excluding hydrogens is 286 g/mol. The van der Waals surface area contributed by atoms with Gasteiger partial charge in [-0.2, -0.15) is 0 Å². The molecular formula is C16H23NO3S. The molecule has 1 fully saturated rings. The summed E-state index contributed by atoms with van der Waals surface area (Å²) in [6.07, 6.45) is 1.17. The highest BCUT2D eigenvalue weighted by atomic mass is 32.2. The summed E-state index contributed by atoms with van der Waals surface area (Å²) in [7, 11) is -3.02. The Morgan fingerprint density at radius 1 is 1.33 bits per heavy atom. The monoisotopic (exact) mass is 309 g/mol. The third-order valence-corrected chi connectivity index (χ3v) is 5.73. The molecule has 1 atom stereocenters. The highest BCUT2D eigenvalue weighted by Gasteiger charge is 2.35. The zero-order chi connectivity index (χ0) is 15.7. The van der Waals surface area contributed by atoms with Crippen LogP contribution in [0, 0.1) is 12.8 Å². The molecule has 1 aliphatic heterocycles. The highest BCUT2D eigenvalue weighted by molar-refractivity contribution is 7.91. The number of nitrogens with one attached hydrogen (secondary N) is 1. The minimum Gasteiger partial charge on any atom is -0.351 e. The van der Waals surface area contributed by atoms with Crippen LogP contribution in [0.15, 0.2) is 24.3 Å². The van der Waals surface area contributed by atoms with Gasteiger partial charge in [-0.05, 0) is 44.7 Å². The topological polar surface area (TPSA) is 63.2 Å². The first-order chi connectivity index (χ1) is 9.69. The van der Waals surface area contributed by atoms with Gasteiger partial charge in [0.15, 0.2) is 9.84 Å². The first-order valence-electron chi connectivity index (χ1n) is 7.25. The first kappa shape index (κ1) is 16.0. The van der Waals surface area contributed by atoms with E-state index < -0.39 is 21.3 Å². The lowest BCUT2D eigenvalue weighted by Gasteiger charge is -2.28. The largest absolute Gasteiger partial charge is 0.351 e. The van der Waals surface area contributed by atoms with Crippen LogP contribution < -0.4 is 5.32 Å². The molecule has 2 rings (SSSR count). The molecule has 1 N–H and O–H groups in total. The molecule has 1 amide bonds. The minimum atomic E-state index is -3.02. The molecule has 0 aliphatic carbocycles. The number of amides is 1. The number of carbonyl (C=O) groups excluding carboxylic acids is 1. The van der Waals surface area contributed by atoms with Gasteiger partial charge in [0, 0.05) is 5.54 Å². The molecule has 0 aromatic heterocycles. The third kappa shape index (κ3) is 4.30. The van der Waals surface area contributed by atoms with Crippen molar-refractivity contribution < 1.29 is 13.2 Å². The number of aryl methyl sites for hydroxylation is 1. The van der Waals surface area contributed by atoms with Gasteiger partial charge in [-0.3, -0.25) is 4.79 Å². The van der Waals surface area contributed by atoms with Crippen LogP contribution in [0.2, 0.25) is 0 Å². The Morgan fingerprint density at radius 3 is 2.57 bits per heavy atom. The van der Waals surface area contributed by atoms with Crippen LogP contribution in [-0.4, -0.2) is 31.4 Å². The molecule has 1 saturated heterocycles. The Morgan fingerprint density at radius 2 is 2.00 bits per heavy atom. The predicted octanol–water partition coefficient (Wildman–Crippen LogP) is 1.87. The average molecular weight is 309 g/mol. The molecule has 1 aliphatic rings. The van der Waals surface area contributed by atoms with Crippen molar-refractivity contribution in [3.05, 3.63) is 35.4 Å². The number of sulfone groups is 1. The van der Waals surface area contributed by atoms with Gasteiger partial charge in [-0.25, -0.2) is 8.42 Å². The van der Waals surface area contributed by atoms with Crippen molar-refractivity contribution in [2.24, 2.45) is 5.92 Å². The summed E-state index contributed by atoms with van der Waals surface area (Å²) in [5.41, 5.74) is 2.00. The lowest BCUT2D eigenvalue weighted by molar-refractivity contribution is -0.125. The van der Waals surface area contributed by atoms with Crippen LogP contribution in [0.5, 0.6) is 0 Å². The normalized spacial score (nSPS) is 21.2. The summed E-state index contributed by atoms with van der Waals surface area (Å²) in [4.78, 5) is 12.2. The Labute approximate surface area is 126 Å². The smallest absolute Gasteiger partial charge is 0.224 e. The van der Waals surface area contributed by atoms with Gasteiger partial charge >= 0.3 is 0 Å². The second-order valence-corrected chi connectivity index (χ2v) is 8.81. The van der Waals surface area contributed by atoms with Crippen LogP contribution in [0.1, 0.15) is 31.4 Å². The highest BCUT2D eigenvalue weighted by Crippen LogP contribution is 2.21. The van der Waals surface area contributed by atoms with Crippen molar-refractivity contribution in [2.45, 2.75) is 39.2 Å². The second kappa shape index (κ2) is 5.79. The molecule has 0 spiro atoms. The van der Waals surface area contributed by atoms with Gasteiger partial charge in [-0.15, -0.1) is 0 Å². The fourth-order valence-corrected chi connectivity index (χ4v) is 4.51. The van der Waals surface area contributed by atoms with E-state index in [-0.39, 0.29) is 17.4 Å². The molecule has 0 bridgehead atoms. The molecule has 0 saturated carbocycles. The SMILES string of the molecule is Cc1ccccc1CC(C)(C)NC(=O)C1CCS(=O)(=O)C1. The molecule has 1 aromatic rings. The van der Waals surface area contributed by atoms with Crippen molar-refractivity contribution in [2.75, 3.05) is 11.5 Å². The van der Waals surface area contributed by atoms with Crippen LogP contribution >= 0.6 is 0 Å². The maximum absolute atomic E-state index is 12.2. The van der Waals surface area contributed by atoms with E-state index in [0.29, 0.717) is 6.42 Å². The average Bonchev–Trinajstić information content (AvgIpc) is 2.72. The van der Waals surface area contributed by atoms with Crippen LogP contribution in [-0.2, 0) is 21.1 Å². The Hall–Kier alpha value is -1.36. The predicted molar refractivity (Wildman–Crippen MR) is 83.9 cm³/mol. The second-order valence-electron chi connectivity index (χ2n) is 6.58. The molecule has 116 valence electrons. The molecule has 1 heterocycles. The summed E-state index contributed by atoms with van der Waals surface area (Å²) in [6, 6.07) is 8.09. The van der Waals surface area contributed by atoms with Crippen molar-refractivity contribution in [1.82, 2.24) is 5.32 Å². The standard InChI is InChI=1S/C16H23NO3S/c1-12-6-4-5-7-13(12)10-16(2,3)17-15(18)14-8-9-21(19,20)11-14/h4-7,14H,8-11H2,1-3H3,(H,17,18). The zero-order valence-corrected chi connectivity index (χ0v) is 13.7. The van der Waals surface area contributed by atoms with Gasteiger partial charge in [0.25, 0.3) is 0 Å². The Bertz CT molecular complexity index is 635. The van der Waals surface area contributed by atoms with E-state index >= 15 is 0 Å². The van der Waals surface area contributed by atoms with Gasteiger partial charge in [-0.1, -0.05) is 24.3 Å². The number of benzene rings is 1. The quantitative estimate of drug-likeness (QED) is 0.923. The van der Waals surface area contributed by atoms with E-state index in [1.807, 2.05) is 26.0 Å². The van der Waals surface area contributed by atoms with Gasteiger partial charge in [0.2, 0.25) is 5.91 Å². The Kier molecular flexibility index (Phi) is 4.42. The fraction of sp³-hybridized carbons (Fsp3) is 0.562. The molecule has 0 radical (unpaired) electrons. The summed E-state index contributed by atoms with van der Waals surface area (Å²) in [6.45, 7) is 6.00. The van der Waals surface area contributed by atoms with E-state index in [4.69, 9.17) is 0 Å². The molecule has 21 heavy (non-hydrogen) atoms. The van der Waals surface area contributed by atoms with Crippen molar-refractivity contribution >= 4 is 15.7 Å². The number of hydrogen-bond donors (Lipinski definition) is 1. The summed E-state index contributed by atoms with van der Waals surface area (Å²) in [5, 5.41) is 3.01. The zero-order valence-electron chi connectivity index (χ0n) is 12.8. The van der Waals surface area contributed by atoms with E-state index in [0.717, 1.165) is 6.42 Å². The number of hydrogen-bond acceptors (Lipinski definition) is 3.